The fourth-order valence-corrected chi connectivity index (χ4v) is 16.1. The Balaban J connectivity index is 1.12. The van der Waals surface area contributed by atoms with E-state index >= 15 is 0 Å². The van der Waals surface area contributed by atoms with E-state index in [2.05, 4.69) is 293 Å². The Kier molecular flexibility index (Phi) is 12.7. The van der Waals surface area contributed by atoms with Crippen molar-refractivity contribution in [3.63, 3.8) is 0 Å². The van der Waals surface area contributed by atoms with E-state index in [0.717, 1.165) is 31.2 Å². The summed E-state index contributed by atoms with van der Waals surface area (Å²) in [5, 5.41) is 0. The minimum atomic E-state index is -0.201. The van der Waals surface area contributed by atoms with Crippen LogP contribution in [0.4, 0.5) is 45.5 Å². The first-order valence-electron chi connectivity index (χ1n) is 32.1. The maximum Gasteiger partial charge on any atom is 0.252 e. The van der Waals surface area contributed by atoms with Gasteiger partial charge in [0.05, 0.1) is 16.9 Å². The smallest absolute Gasteiger partial charge is 0.252 e. The lowest BCUT2D eigenvalue weighted by Gasteiger charge is -2.51. The van der Waals surface area contributed by atoms with E-state index in [1.54, 1.807) is 0 Å². The van der Waals surface area contributed by atoms with Gasteiger partial charge in [-0.15, -0.1) is 0 Å². The molecule has 4 heterocycles. The lowest BCUT2D eigenvalue weighted by molar-refractivity contribution is 0.195. The second-order valence-corrected chi connectivity index (χ2v) is 31.1. The van der Waals surface area contributed by atoms with Crippen molar-refractivity contribution in [2.24, 2.45) is 0 Å². The SMILES string of the molecule is CC(C)(C)c1ccc(N2c3cc(N4c5ccc(-c6cccnc6)cc5C5(C)CCCCC45C)ccc3B3c4cc5c(cc4N(c4ccc(C(C)(C)C)cc4-c4ccccc4)c4cc(C(C)(C)C)cc2c43)C(C)(C)CCC5(C)C)c(-c2ccccc2)c1. The lowest BCUT2D eigenvalue weighted by Crippen LogP contribution is -2.62. The number of hydrogen-bond donors (Lipinski definition) is 0. The fraction of sp³-hybridized carbons (Fsp3) is 0.346. The largest absolute Gasteiger partial charge is 0.334 e. The van der Waals surface area contributed by atoms with Gasteiger partial charge in [-0.2, -0.15) is 0 Å². The molecule has 0 spiro atoms. The molecule has 0 amide bonds. The molecule has 1 saturated carbocycles. The summed E-state index contributed by atoms with van der Waals surface area (Å²) in [6, 6.07) is 67.1. The molecule has 1 fully saturated rings. The molecule has 0 radical (unpaired) electrons. The molecule has 14 rings (SSSR count). The van der Waals surface area contributed by atoms with Crippen LogP contribution in [0, 0.1) is 0 Å². The molecule has 9 aromatic rings. The van der Waals surface area contributed by atoms with Gasteiger partial charge in [-0.3, -0.25) is 4.98 Å². The van der Waals surface area contributed by atoms with Crippen LogP contribution in [0.5, 0.6) is 0 Å². The van der Waals surface area contributed by atoms with E-state index < -0.39 is 0 Å². The van der Waals surface area contributed by atoms with E-state index in [1.165, 1.54) is 136 Å². The first kappa shape index (κ1) is 56.2. The van der Waals surface area contributed by atoms with Crippen LogP contribution in [0.3, 0.4) is 0 Å². The molecule has 8 aromatic carbocycles. The zero-order valence-corrected chi connectivity index (χ0v) is 53.9. The maximum absolute atomic E-state index is 4.58. The highest BCUT2D eigenvalue weighted by atomic mass is 15.3. The number of fused-ring (bicyclic) bond motifs is 8. The van der Waals surface area contributed by atoms with Gasteiger partial charge in [0.1, 0.15) is 0 Å². The van der Waals surface area contributed by atoms with Crippen molar-refractivity contribution in [1.82, 2.24) is 4.98 Å². The average Bonchev–Trinajstić information content (AvgIpc) is 1.10. The Morgan fingerprint density at radius 3 is 1.47 bits per heavy atom. The Morgan fingerprint density at radius 2 is 0.919 bits per heavy atom. The van der Waals surface area contributed by atoms with Gasteiger partial charge in [0.15, 0.2) is 0 Å². The van der Waals surface area contributed by atoms with Gasteiger partial charge in [-0.25, -0.2) is 0 Å². The van der Waals surface area contributed by atoms with Crippen molar-refractivity contribution in [2.75, 3.05) is 14.7 Å². The quantitative estimate of drug-likeness (QED) is 0.155. The molecule has 0 saturated heterocycles. The molecule has 2 atom stereocenters. The van der Waals surface area contributed by atoms with Crippen molar-refractivity contribution in [1.29, 1.82) is 0 Å². The Bertz CT molecular complexity index is 4170. The third kappa shape index (κ3) is 8.70. The van der Waals surface area contributed by atoms with Crippen LogP contribution in [0.2, 0.25) is 0 Å². The van der Waals surface area contributed by atoms with Crippen molar-refractivity contribution in [2.45, 2.75) is 180 Å². The van der Waals surface area contributed by atoms with Gasteiger partial charge < -0.3 is 14.7 Å². The summed E-state index contributed by atoms with van der Waals surface area (Å²) in [6.07, 6.45) is 10.9. The first-order valence-corrected chi connectivity index (χ1v) is 32.1. The van der Waals surface area contributed by atoms with Crippen molar-refractivity contribution < 1.29 is 0 Å². The monoisotopic (exact) mass is 1130 g/mol. The van der Waals surface area contributed by atoms with Crippen molar-refractivity contribution >= 4 is 68.6 Å². The molecule has 0 bridgehead atoms. The number of aromatic nitrogens is 1. The van der Waals surface area contributed by atoms with E-state index in [9.17, 15) is 0 Å². The summed E-state index contributed by atoms with van der Waals surface area (Å²) in [7, 11) is 0. The Morgan fingerprint density at radius 1 is 0.395 bits per heavy atom. The van der Waals surface area contributed by atoms with Gasteiger partial charge in [0.2, 0.25) is 0 Å². The van der Waals surface area contributed by atoms with Crippen LogP contribution in [0.25, 0.3) is 33.4 Å². The number of rotatable bonds is 6. The summed E-state index contributed by atoms with van der Waals surface area (Å²) >= 11 is 0. The molecule has 2 aliphatic carbocycles. The molecule has 5 heteroatoms. The van der Waals surface area contributed by atoms with E-state index in [0.29, 0.717) is 0 Å². The van der Waals surface area contributed by atoms with Gasteiger partial charge in [0, 0.05) is 63.1 Å². The zero-order chi connectivity index (χ0) is 60.3. The summed E-state index contributed by atoms with van der Waals surface area (Å²) in [4.78, 5) is 12.8. The Labute approximate surface area is 514 Å². The predicted octanol–water partition coefficient (Wildman–Crippen LogP) is 20.1. The standard InChI is InChI=1S/C81H87BN4/c1-75(2,3)56-31-36-67(60(44-56)52-25-18-16-19-26-52)84-70-48-59(86-69-35-30-54(55-29-24-42-83-51-55)43-64(69)80(14)38-22-23-39-81(80,86)15)33-34-65(70)82-66-49-62-63(79(12,13)41-40-78(62,10)11)50-71(66)85(73-47-58(77(7,8)9)46-72(84)74(73)82)68-37-32-57(76(4,5)6)45-61(68)53-27-20-17-21-28-53/h16-21,24-37,42-51H,22-23,38-41H2,1-15H3. The normalized spacial score (nSPS) is 19.9. The van der Waals surface area contributed by atoms with Crippen LogP contribution < -0.4 is 31.1 Å². The van der Waals surface area contributed by atoms with Crippen LogP contribution in [0.1, 0.15) is 176 Å². The first-order chi connectivity index (χ1) is 40.8. The van der Waals surface area contributed by atoms with Crippen LogP contribution in [0.15, 0.2) is 182 Å². The minimum absolute atomic E-state index is 0.0115. The van der Waals surface area contributed by atoms with Crippen molar-refractivity contribution in [3.05, 3.63) is 216 Å². The predicted molar refractivity (Wildman–Crippen MR) is 369 cm³/mol. The summed E-state index contributed by atoms with van der Waals surface area (Å²) in [5.74, 6) is 0. The molecule has 1 aromatic heterocycles. The van der Waals surface area contributed by atoms with Gasteiger partial charge >= 0.3 is 0 Å². The average molecular weight is 1130 g/mol. The molecular formula is C81H87BN4. The van der Waals surface area contributed by atoms with Crippen LogP contribution in [-0.4, -0.2) is 17.2 Å². The topological polar surface area (TPSA) is 22.6 Å². The van der Waals surface area contributed by atoms with Gasteiger partial charge in [-0.05, 0) is 205 Å². The van der Waals surface area contributed by atoms with Crippen LogP contribution >= 0.6 is 0 Å². The number of benzene rings is 8. The maximum atomic E-state index is 4.58. The van der Waals surface area contributed by atoms with Gasteiger partial charge in [0.25, 0.3) is 6.71 Å². The summed E-state index contributed by atoms with van der Waals surface area (Å²) in [6.45, 7) is 36.4. The van der Waals surface area contributed by atoms with Gasteiger partial charge in [-0.1, -0.05) is 207 Å². The number of nitrogens with zero attached hydrogens (tertiary/aromatic N) is 4. The highest BCUT2D eigenvalue weighted by Gasteiger charge is 2.58. The molecule has 4 nitrogen and oxygen atoms in total. The third-order valence-electron chi connectivity index (χ3n) is 21.6. The minimum Gasteiger partial charge on any atom is -0.334 e. The second-order valence-electron chi connectivity index (χ2n) is 31.1. The molecule has 3 aliphatic heterocycles. The highest BCUT2D eigenvalue weighted by molar-refractivity contribution is 7.00. The molecule has 434 valence electrons. The molecular weight excluding hydrogens is 1040 g/mol. The zero-order valence-electron chi connectivity index (χ0n) is 53.9. The molecule has 0 N–H and O–H groups in total. The molecule has 5 aliphatic rings. The number of hydrogen-bond acceptors (Lipinski definition) is 4. The summed E-state index contributed by atoms with van der Waals surface area (Å²) in [5.41, 5.74) is 29.2. The van der Waals surface area contributed by atoms with E-state index in [1.807, 2.05) is 12.4 Å². The Hall–Kier alpha value is -7.63. The molecule has 2 unspecified atom stereocenters. The lowest BCUT2D eigenvalue weighted by atomic mass is 9.33. The number of pyridine rings is 1. The summed E-state index contributed by atoms with van der Waals surface area (Å²) < 4.78 is 0. The third-order valence-corrected chi connectivity index (χ3v) is 21.6. The van der Waals surface area contributed by atoms with Crippen LogP contribution in [-0.2, 0) is 32.5 Å². The van der Waals surface area contributed by atoms with Crippen molar-refractivity contribution in [3.8, 4) is 33.4 Å². The van der Waals surface area contributed by atoms with E-state index in [-0.39, 0.29) is 44.7 Å². The number of anilines is 8. The second kappa shape index (κ2) is 19.4. The highest BCUT2D eigenvalue weighted by Crippen LogP contribution is 2.62. The molecule has 86 heavy (non-hydrogen) atoms. The fourth-order valence-electron chi connectivity index (χ4n) is 16.1. The van der Waals surface area contributed by atoms with E-state index in [4.69, 9.17) is 0 Å².